The van der Waals surface area contributed by atoms with E-state index in [4.69, 9.17) is 13.9 Å². The summed E-state index contributed by atoms with van der Waals surface area (Å²) >= 11 is 0. The van der Waals surface area contributed by atoms with Gasteiger partial charge in [-0.2, -0.15) is 0 Å². The summed E-state index contributed by atoms with van der Waals surface area (Å²) < 4.78 is 17.1. The predicted molar refractivity (Wildman–Crippen MR) is 116 cm³/mol. The molecule has 0 heterocycles. The van der Waals surface area contributed by atoms with E-state index >= 15 is 0 Å². The molecule has 0 bridgehead atoms. The molecule has 5 nitrogen and oxygen atoms in total. The molecule has 0 saturated carbocycles. The second kappa shape index (κ2) is 10.7. The van der Waals surface area contributed by atoms with Gasteiger partial charge in [0.15, 0.2) is 8.32 Å². The molecule has 0 fully saturated rings. The molecule has 0 atom stereocenters. The van der Waals surface area contributed by atoms with Crippen molar-refractivity contribution in [3.8, 4) is 0 Å². The van der Waals surface area contributed by atoms with Crippen LogP contribution in [0.2, 0.25) is 18.1 Å². The van der Waals surface area contributed by atoms with Crippen LogP contribution in [0.25, 0.3) is 0 Å². The molecular weight excluding hydrogens is 358 g/mol. The fraction of sp³-hybridized carbons (Fsp3) is 0.905. The van der Waals surface area contributed by atoms with Crippen LogP contribution in [0.1, 0.15) is 68.2 Å². The third-order valence-electron chi connectivity index (χ3n) is 4.83. The van der Waals surface area contributed by atoms with Crippen LogP contribution in [-0.4, -0.2) is 52.5 Å². The van der Waals surface area contributed by atoms with E-state index in [1.165, 1.54) is 0 Å². The van der Waals surface area contributed by atoms with Crippen LogP contribution in [0, 0.1) is 5.41 Å². The van der Waals surface area contributed by atoms with Gasteiger partial charge in [-0.1, -0.05) is 34.6 Å². The fourth-order valence-corrected chi connectivity index (χ4v) is 2.98. The fourth-order valence-electron chi connectivity index (χ4n) is 1.95. The van der Waals surface area contributed by atoms with Crippen LogP contribution in [0.15, 0.2) is 4.99 Å². The summed E-state index contributed by atoms with van der Waals surface area (Å²) in [5, 5.41) is 0.230. The van der Waals surface area contributed by atoms with Gasteiger partial charge in [-0.3, -0.25) is 9.79 Å². The van der Waals surface area contributed by atoms with E-state index in [9.17, 15) is 4.79 Å². The van der Waals surface area contributed by atoms with Crippen molar-refractivity contribution in [3.63, 3.8) is 0 Å². The molecule has 0 spiro atoms. The predicted octanol–water partition coefficient (Wildman–Crippen LogP) is 5.24. The van der Waals surface area contributed by atoms with E-state index in [0.717, 1.165) is 12.8 Å². The average molecular weight is 402 g/mol. The molecule has 6 heteroatoms. The minimum atomic E-state index is -1.68. The molecule has 0 unspecified atom stereocenters. The Balaban J connectivity index is 3.98. The number of aliphatic imine (C=N–C) groups is 1. The van der Waals surface area contributed by atoms with Crippen LogP contribution in [-0.2, 0) is 18.7 Å². The molecule has 0 saturated heterocycles. The van der Waals surface area contributed by atoms with Gasteiger partial charge >= 0.3 is 5.97 Å². The van der Waals surface area contributed by atoms with Gasteiger partial charge in [-0.25, -0.2) is 0 Å². The number of ether oxygens (including phenoxy) is 2. The van der Waals surface area contributed by atoms with Crippen molar-refractivity contribution in [1.29, 1.82) is 0 Å². The second-order valence-electron chi connectivity index (χ2n) is 10.4. The van der Waals surface area contributed by atoms with Crippen molar-refractivity contribution in [2.75, 3.05) is 26.4 Å². The summed E-state index contributed by atoms with van der Waals surface area (Å²) in [6.45, 7) is 23.3. The lowest BCUT2D eigenvalue weighted by Crippen LogP contribution is -2.41. The van der Waals surface area contributed by atoms with E-state index in [1.807, 2.05) is 27.0 Å². The molecule has 27 heavy (non-hydrogen) atoms. The van der Waals surface area contributed by atoms with Gasteiger partial charge in [0.2, 0.25) is 0 Å². The van der Waals surface area contributed by atoms with E-state index in [2.05, 4.69) is 52.7 Å². The Kier molecular flexibility index (Phi) is 10.4. The highest BCUT2D eigenvalue weighted by molar-refractivity contribution is 6.74. The highest BCUT2D eigenvalue weighted by Crippen LogP contribution is 2.36. The Morgan fingerprint density at radius 2 is 1.56 bits per heavy atom. The first-order valence-electron chi connectivity index (χ1n) is 9.98. The lowest BCUT2D eigenvalue weighted by Gasteiger charge is -2.36. The van der Waals surface area contributed by atoms with Crippen LogP contribution in [0.4, 0.5) is 0 Å². The Hall–Kier alpha value is -0.723. The monoisotopic (exact) mass is 401 g/mol. The number of hydrogen-bond donors (Lipinski definition) is 0. The van der Waals surface area contributed by atoms with Crippen LogP contribution < -0.4 is 0 Å². The average Bonchev–Trinajstić information content (AvgIpc) is 2.44. The molecule has 0 amide bonds. The Labute approximate surface area is 168 Å². The maximum absolute atomic E-state index is 11.6. The molecule has 0 aliphatic rings. The minimum Gasteiger partial charge on any atom is -0.459 e. The quantitative estimate of drug-likeness (QED) is 0.205. The minimum absolute atomic E-state index is 0.0780. The van der Waals surface area contributed by atoms with E-state index in [1.54, 1.807) is 0 Å². The normalized spacial score (nSPS) is 14.0. The molecular formula is C21H43NO4Si. The third-order valence-corrected chi connectivity index (χ3v) is 9.37. The Morgan fingerprint density at radius 3 is 2.07 bits per heavy atom. The molecule has 0 radical (unpaired) electrons. The van der Waals surface area contributed by atoms with Crippen molar-refractivity contribution in [3.05, 3.63) is 0 Å². The lowest BCUT2D eigenvalue weighted by atomic mass is 9.86. The molecule has 0 aromatic carbocycles. The summed E-state index contributed by atoms with van der Waals surface area (Å²) in [5.41, 5.74) is -0.380. The highest BCUT2D eigenvalue weighted by atomic mass is 28.4. The summed E-state index contributed by atoms with van der Waals surface area (Å²) in [5.74, 6) is -0.290. The van der Waals surface area contributed by atoms with Gasteiger partial charge in [-0.05, 0) is 63.4 Å². The molecule has 0 rings (SSSR count). The SMILES string of the molecule is CC(C)(C/C=N/CC(=O)OC(C)(C)C)CCOCCO[Si](C)(C)C(C)(C)C. The summed E-state index contributed by atoms with van der Waals surface area (Å²) in [7, 11) is -1.68. The number of carbonyl (C=O) groups excluding carboxylic acids is 1. The molecule has 0 aliphatic heterocycles. The zero-order valence-corrected chi connectivity index (χ0v) is 20.4. The first kappa shape index (κ1) is 26.3. The largest absolute Gasteiger partial charge is 0.459 e. The Bertz CT molecular complexity index is 474. The summed E-state index contributed by atoms with van der Waals surface area (Å²) in [6.07, 6.45) is 3.57. The maximum atomic E-state index is 11.6. The van der Waals surface area contributed by atoms with Crippen LogP contribution in [0.3, 0.4) is 0 Å². The standard InChI is InChI=1S/C21H43NO4Si/c1-19(2,3)26-18(23)17-22-13-11-21(7,8)12-14-24-15-16-25-27(9,10)20(4,5)6/h13H,11-12,14-17H2,1-10H3/b22-13+. The molecule has 0 aromatic rings. The topological polar surface area (TPSA) is 57.1 Å². The van der Waals surface area contributed by atoms with Crippen LogP contribution in [0.5, 0.6) is 0 Å². The van der Waals surface area contributed by atoms with Crippen molar-refractivity contribution >= 4 is 20.5 Å². The van der Waals surface area contributed by atoms with Crippen LogP contribution >= 0.6 is 0 Å². The number of hydrogen-bond acceptors (Lipinski definition) is 5. The van der Waals surface area contributed by atoms with Gasteiger partial charge in [0.1, 0.15) is 12.1 Å². The smallest absolute Gasteiger partial charge is 0.328 e. The number of esters is 1. The first-order valence-corrected chi connectivity index (χ1v) is 12.9. The van der Waals surface area contributed by atoms with Crippen molar-refractivity contribution < 1.29 is 18.7 Å². The third kappa shape index (κ3) is 13.1. The van der Waals surface area contributed by atoms with Gasteiger partial charge in [-0.15, -0.1) is 0 Å². The van der Waals surface area contributed by atoms with E-state index < -0.39 is 13.9 Å². The van der Waals surface area contributed by atoms with Crippen molar-refractivity contribution in [2.24, 2.45) is 10.4 Å². The zero-order chi connectivity index (χ0) is 21.4. The number of rotatable bonds is 11. The molecule has 0 aliphatic carbocycles. The van der Waals surface area contributed by atoms with Crippen molar-refractivity contribution in [2.45, 2.75) is 92.0 Å². The van der Waals surface area contributed by atoms with Gasteiger partial charge in [0.05, 0.1) is 13.2 Å². The zero-order valence-electron chi connectivity index (χ0n) is 19.4. The van der Waals surface area contributed by atoms with Gasteiger partial charge in [0.25, 0.3) is 0 Å². The second-order valence-corrected chi connectivity index (χ2v) is 15.3. The lowest BCUT2D eigenvalue weighted by molar-refractivity contribution is -0.152. The van der Waals surface area contributed by atoms with E-state index in [-0.39, 0.29) is 23.0 Å². The summed E-state index contributed by atoms with van der Waals surface area (Å²) in [4.78, 5) is 15.8. The van der Waals surface area contributed by atoms with Gasteiger partial charge < -0.3 is 13.9 Å². The number of carbonyl (C=O) groups is 1. The van der Waals surface area contributed by atoms with Gasteiger partial charge in [0, 0.05) is 6.61 Å². The number of nitrogens with zero attached hydrogens (tertiary/aromatic N) is 1. The van der Waals surface area contributed by atoms with E-state index in [0.29, 0.717) is 19.8 Å². The molecule has 160 valence electrons. The first-order chi connectivity index (χ1) is 12.1. The molecule has 0 N–H and O–H groups in total. The maximum Gasteiger partial charge on any atom is 0.328 e. The summed E-state index contributed by atoms with van der Waals surface area (Å²) in [6, 6.07) is 0. The highest BCUT2D eigenvalue weighted by Gasteiger charge is 2.36. The van der Waals surface area contributed by atoms with Crippen molar-refractivity contribution in [1.82, 2.24) is 0 Å². The Morgan fingerprint density at radius 1 is 0.963 bits per heavy atom. The molecule has 0 aromatic heterocycles.